The minimum atomic E-state index is -3.25. The lowest BCUT2D eigenvalue weighted by Crippen LogP contribution is -2.42. The van der Waals surface area contributed by atoms with Crippen LogP contribution in [0.1, 0.15) is 44.1 Å². The van der Waals surface area contributed by atoms with Gasteiger partial charge in [-0.3, -0.25) is 0 Å². The van der Waals surface area contributed by atoms with Gasteiger partial charge in [0.25, 0.3) is 0 Å². The Morgan fingerprint density at radius 2 is 1.83 bits per heavy atom. The highest BCUT2D eigenvalue weighted by Gasteiger charge is 2.34. The third-order valence-electron chi connectivity index (χ3n) is 5.07. The Labute approximate surface area is 139 Å². The van der Waals surface area contributed by atoms with Gasteiger partial charge in [-0.2, -0.15) is 4.31 Å². The molecule has 0 bridgehead atoms. The van der Waals surface area contributed by atoms with Crippen LogP contribution in [0.3, 0.4) is 0 Å². The summed E-state index contributed by atoms with van der Waals surface area (Å²) >= 11 is 0. The van der Waals surface area contributed by atoms with E-state index < -0.39 is 10.0 Å². The predicted molar refractivity (Wildman–Crippen MR) is 91.6 cm³/mol. The van der Waals surface area contributed by atoms with Crippen molar-refractivity contribution in [2.75, 3.05) is 19.0 Å². The largest absolute Gasteiger partial charge is 0.379 e. The summed E-state index contributed by atoms with van der Waals surface area (Å²) in [4.78, 5) is 0. The van der Waals surface area contributed by atoms with E-state index in [1.54, 1.807) is 4.31 Å². The van der Waals surface area contributed by atoms with Gasteiger partial charge in [0.15, 0.2) is 0 Å². The molecule has 0 spiro atoms. The van der Waals surface area contributed by atoms with Crippen LogP contribution in [0.15, 0.2) is 30.3 Å². The number of rotatable bonds is 4. The summed E-state index contributed by atoms with van der Waals surface area (Å²) in [7, 11) is -3.25. The van der Waals surface area contributed by atoms with Gasteiger partial charge in [-0.1, -0.05) is 62.4 Å². The molecule has 5 heteroatoms. The molecule has 0 radical (unpaired) electrons. The van der Waals surface area contributed by atoms with Crippen LogP contribution >= 0.6 is 0 Å². The first-order valence-electron chi connectivity index (χ1n) is 8.76. The highest BCUT2D eigenvalue weighted by molar-refractivity contribution is 7.89. The first-order valence-corrected chi connectivity index (χ1v) is 10.4. The maximum atomic E-state index is 12.7. The van der Waals surface area contributed by atoms with Crippen LogP contribution in [-0.4, -0.2) is 37.7 Å². The van der Waals surface area contributed by atoms with E-state index in [9.17, 15) is 8.42 Å². The van der Waals surface area contributed by atoms with Crippen LogP contribution in [0.5, 0.6) is 0 Å². The van der Waals surface area contributed by atoms with Crippen LogP contribution in [0.25, 0.3) is 0 Å². The van der Waals surface area contributed by atoms with Crippen molar-refractivity contribution < 1.29 is 13.2 Å². The number of nitrogens with zero attached hydrogens (tertiary/aromatic N) is 1. The van der Waals surface area contributed by atoms with Gasteiger partial charge in [-0.25, -0.2) is 8.42 Å². The lowest BCUT2D eigenvalue weighted by Gasteiger charge is -2.32. The molecule has 0 N–H and O–H groups in total. The summed E-state index contributed by atoms with van der Waals surface area (Å²) in [5, 5.41) is 0. The van der Waals surface area contributed by atoms with Crippen molar-refractivity contribution in [2.24, 2.45) is 5.92 Å². The van der Waals surface area contributed by atoms with E-state index in [0.29, 0.717) is 25.7 Å². The third kappa shape index (κ3) is 4.55. The smallest absolute Gasteiger partial charge is 0.217 e. The van der Waals surface area contributed by atoms with Crippen LogP contribution in [0.4, 0.5) is 0 Å². The molecule has 0 unspecified atom stereocenters. The number of sulfonamides is 1. The fraction of sp³-hybridized carbons (Fsp3) is 0.667. The highest BCUT2D eigenvalue weighted by Crippen LogP contribution is 2.30. The Morgan fingerprint density at radius 3 is 2.57 bits per heavy atom. The molecule has 1 atom stereocenters. The lowest BCUT2D eigenvalue weighted by molar-refractivity contribution is 0.0939. The van der Waals surface area contributed by atoms with E-state index in [2.05, 4.69) is 0 Å². The molecule has 1 aromatic rings. The van der Waals surface area contributed by atoms with Crippen LogP contribution < -0.4 is 0 Å². The van der Waals surface area contributed by atoms with Crippen molar-refractivity contribution in [3.63, 3.8) is 0 Å². The lowest BCUT2D eigenvalue weighted by atomic mass is 9.85. The molecule has 0 amide bonds. The fourth-order valence-corrected chi connectivity index (χ4v) is 5.31. The summed E-state index contributed by atoms with van der Waals surface area (Å²) in [5.74, 6) is 0.741. The van der Waals surface area contributed by atoms with E-state index in [0.717, 1.165) is 12.0 Å². The summed E-state index contributed by atoms with van der Waals surface area (Å²) in [6.07, 6.45) is 7.29. The molecule has 2 fully saturated rings. The Morgan fingerprint density at radius 1 is 1.09 bits per heavy atom. The van der Waals surface area contributed by atoms with Gasteiger partial charge in [0.1, 0.15) is 0 Å². The van der Waals surface area contributed by atoms with Crippen molar-refractivity contribution in [2.45, 2.75) is 51.1 Å². The standard InChI is InChI=1S/C18H27NO3S/c20-23(21)12-11-22-15-18(13-16-7-3-1-4-8-16)19(23)14-17-9-5-2-6-10-17/h2,5-6,9-10,16,18H,1,3-4,7-8,11-15H2/t18-/m0/s1. The van der Waals surface area contributed by atoms with Crippen molar-refractivity contribution >= 4 is 10.0 Å². The molecule has 128 valence electrons. The van der Waals surface area contributed by atoms with E-state index in [1.165, 1.54) is 32.1 Å². The molecule has 1 aliphatic heterocycles. The van der Waals surface area contributed by atoms with Gasteiger partial charge in [-0.05, 0) is 17.9 Å². The van der Waals surface area contributed by atoms with E-state index >= 15 is 0 Å². The average molecular weight is 337 g/mol. The molecule has 4 nitrogen and oxygen atoms in total. The molecule has 1 aromatic carbocycles. The Kier molecular flexibility index (Phi) is 5.72. The zero-order valence-corrected chi connectivity index (χ0v) is 14.5. The van der Waals surface area contributed by atoms with Gasteiger partial charge >= 0.3 is 0 Å². The number of hydrogen-bond acceptors (Lipinski definition) is 3. The molecular formula is C18H27NO3S. The van der Waals surface area contributed by atoms with Crippen LogP contribution in [0.2, 0.25) is 0 Å². The zero-order valence-electron chi connectivity index (χ0n) is 13.7. The monoisotopic (exact) mass is 337 g/mol. The van der Waals surface area contributed by atoms with E-state index in [4.69, 9.17) is 4.74 Å². The second-order valence-electron chi connectivity index (χ2n) is 6.82. The summed E-state index contributed by atoms with van der Waals surface area (Å²) in [6.45, 7) is 1.31. The van der Waals surface area contributed by atoms with Crippen molar-refractivity contribution in [1.82, 2.24) is 4.31 Å². The molecule has 1 aliphatic carbocycles. The minimum absolute atomic E-state index is 0.0224. The molecule has 1 saturated carbocycles. The first kappa shape index (κ1) is 16.9. The quantitative estimate of drug-likeness (QED) is 0.848. The minimum Gasteiger partial charge on any atom is -0.379 e. The summed E-state index contributed by atoms with van der Waals surface area (Å²) in [6, 6.07) is 9.87. The van der Waals surface area contributed by atoms with Crippen LogP contribution in [0, 0.1) is 5.92 Å². The normalized spacial score (nSPS) is 26.7. The molecule has 1 saturated heterocycles. The summed E-state index contributed by atoms with van der Waals surface area (Å²) in [5.41, 5.74) is 1.05. The SMILES string of the molecule is O=S1(=O)CCOC[C@H](CC2CCCCC2)N1Cc1ccccc1. The highest BCUT2D eigenvalue weighted by atomic mass is 32.2. The molecule has 23 heavy (non-hydrogen) atoms. The van der Waals surface area contributed by atoms with Gasteiger partial charge < -0.3 is 4.74 Å². The predicted octanol–water partition coefficient (Wildman–Crippen LogP) is 3.19. The van der Waals surface area contributed by atoms with Crippen molar-refractivity contribution in [3.05, 3.63) is 35.9 Å². The van der Waals surface area contributed by atoms with Gasteiger partial charge in [0.2, 0.25) is 10.0 Å². The van der Waals surface area contributed by atoms with Crippen molar-refractivity contribution in [1.29, 1.82) is 0 Å². The average Bonchev–Trinajstić information content (AvgIpc) is 2.70. The maximum absolute atomic E-state index is 12.7. The van der Waals surface area contributed by atoms with E-state index in [-0.39, 0.29) is 11.8 Å². The molecule has 1 heterocycles. The Balaban J connectivity index is 1.77. The Hall–Kier alpha value is -0.910. The second-order valence-corrected chi connectivity index (χ2v) is 8.86. The maximum Gasteiger partial charge on any atom is 0.217 e. The second kappa shape index (κ2) is 7.77. The van der Waals surface area contributed by atoms with Gasteiger partial charge in [-0.15, -0.1) is 0 Å². The number of benzene rings is 1. The molecular weight excluding hydrogens is 310 g/mol. The topological polar surface area (TPSA) is 46.6 Å². The molecule has 0 aromatic heterocycles. The van der Waals surface area contributed by atoms with Gasteiger partial charge in [0, 0.05) is 12.6 Å². The number of ether oxygens (including phenoxy) is 1. The third-order valence-corrected chi connectivity index (χ3v) is 6.90. The summed E-state index contributed by atoms with van der Waals surface area (Å²) < 4.78 is 32.8. The van der Waals surface area contributed by atoms with E-state index in [1.807, 2.05) is 30.3 Å². The zero-order chi connectivity index (χ0) is 16.1. The van der Waals surface area contributed by atoms with Crippen molar-refractivity contribution in [3.8, 4) is 0 Å². The fourth-order valence-electron chi connectivity index (χ4n) is 3.80. The molecule has 2 aliphatic rings. The Bertz CT molecular complexity index is 582. The van der Waals surface area contributed by atoms with Gasteiger partial charge in [0.05, 0.1) is 19.0 Å². The van der Waals surface area contributed by atoms with Crippen LogP contribution in [-0.2, 0) is 21.3 Å². The number of hydrogen-bond donors (Lipinski definition) is 0. The first-order chi connectivity index (χ1) is 11.1. The molecule has 3 rings (SSSR count).